The first-order valence-electron chi connectivity index (χ1n) is 6.91. The summed E-state index contributed by atoms with van der Waals surface area (Å²) in [5, 5.41) is 6.01. The van der Waals surface area contributed by atoms with Gasteiger partial charge in [-0.15, -0.1) is 0 Å². The van der Waals surface area contributed by atoms with Crippen LogP contribution in [-0.2, 0) is 4.79 Å². The fourth-order valence-corrected chi connectivity index (χ4v) is 2.24. The topological polar surface area (TPSA) is 61.4 Å². The molecule has 108 valence electrons. The molecular formula is C15H21N3O2. The maximum Gasteiger partial charge on any atom is 0.251 e. The molecule has 1 aromatic carbocycles. The fourth-order valence-electron chi connectivity index (χ4n) is 2.24. The van der Waals surface area contributed by atoms with Crippen molar-refractivity contribution in [1.82, 2.24) is 15.5 Å². The molecule has 2 N–H and O–H groups in total. The Balaban J connectivity index is 1.70. The second-order valence-electron chi connectivity index (χ2n) is 5.18. The zero-order chi connectivity index (χ0) is 14.5. The standard InChI is InChI=1S/C15H21N3O2/c1-11-3-5-12(6-4-11)14(19)17-9-8-16-13-7-10-18(2)15(13)20/h3-6,13,16H,7-10H2,1-2H3,(H,17,19). The summed E-state index contributed by atoms with van der Waals surface area (Å²) in [5.41, 5.74) is 1.79. The van der Waals surface area contributed by atoms with Crippen LogP contribution in [0, 0.1) is 6.92 Å². The maximum absolute atomic E-state index is 11.9. The van der Waals surface area contributed by atoms with Crippen molar-refractivity contribution in [1.29, 1.82) is 0 Å². The number of carbonyl (C=O) groups is 2. The van der Waals surface area contributed by atoms with Crippen molar-refractivity contribution in [3.8, 4) is 0 Å². The molecule has 2 rings (SSSR count). The number of carbonyl (C=O) groups excluding carboxylic acids is 2. The van der Waals surface area contributed by atoms with E-state index in [1.165, 1.54) is 0 Å². The van der Waals surface area contributed by atoms with Crippen LogP contribution < -0.4 is 10.6 Å². The minimum atomic E-state index is -0.101. The molecule has 20 heavy (non-hydrogen) atoms. The average Bonchev–Trinajstić information content (AvgIpc) is 2.76. The van der Waals surface area contributed by atoms with Crippen molar-refractivity contribution in [2.75, 3.05) is 26.7 Å². The molecule has 0 aliphatic carbocycles. The smallest absolute Gasteiger partial charge is 0.251 e. The summed E-state index contributed by atoms with van der Waals surface area (Å²) in [5.74, 6) is 0.0523. The number of benzene rings is 1. The number of nitrogens with zero attached hydrogens (tertiary/aromatic N) is 1. The van der Waals surface area contributed by atoms with Crippen LogP contribution in [0.25, 0.3) is 0 Å². The van der Waals surface area contributed by atoms with Crippen LogP contribution in [0.5, 0.6) is 0 Å². The zero-order valence-electron chi connectivity index (χ0n) is 12.0. The summed E-state index contributed by atoms with van der Waals surface area (Å²) in [6.07, 6.45) is 0.835. The minimum Gasteiger partial charge on any atom is -0.351 e. The lowest BCUT2D eigenvalue weighted by atomic mass is 10.1. The van der Waals surface area contributed by atoms with Gasteiger partial charge in [0.15, 0.2) is 0 Å². The van der Waals surface area contributed by atoms with Crippen LogP contribution in [0.2, 0.25) is 0 Å². The van der Waals surface area contributed by atoms with Crippen molar-refractivity contribution in [3.63, 3.8) is 0 Å². The van der Waals surface area contributed by atoms with Gasteiger partial charge in [0.05, 0.1) is 6.04 Å². The number of aryl methyl sites for hydroxylation is 1. The van der Waals surface area contributed by atoms with E-state index in [9.17, 15) is 9.59 Å². The first-order valence-corrected chi connectivity index (χ1v) is 6.91. The van der Waals surface area contributed by atoms with Gasteiger partial charge in [-0.25, -0.2) is 0 Å². The van der Waals surface area contributed by atoms with Gasteiger partial charge in [-0.1, -0.05) is 17.7 Å². The molecule has 1 aromatic rings. The molecule has 1 saturated heterocycles. The lowest BCUT2D eigenvalue weighted by Crippen LogP contribution is -2.41. The van der Waals surface area contributed by atoms with Crippen LogP contribution in [0.4, 0.5) is 0 Å². The van der Waals surface area contributed by atoms with Crippen molar-refractivity contribution >= 4 is 11.8 Å². The van der Waals surface area contributed by atoms with Crippen molar-refractivity contribution in [3.05, 3.63) is 35.4 Å². The molecule has 0 spiro atoms. The molecule has 0 bridgehead atoms. The van der Waals surface area contributed by atoms with Crippen molar-refractivity contribution < 1.29 is 9.59 Å². The maximum atomic E-state index is 11.9. The number of rotatable bonds is 5. The quantitative estimate of drug-likeness (QED) is 0.771. The summed E-state index contributed by atoms with van der Waals surface area (Å²) in [6, 6.07) is 7.36. The van der Waals surface area contributed by atoms with Gasteiger partial charge in [0, 0.05) is 32.2 Å². The Morgan fingerprint density at radius 3 is 2.60 bits per heavy atom. The highest BCUT2D eigenvalue weighted by Gasteiger charge is 2.27. The number of likely N-dealkylation sites (N-methyl/N-ethyl adjacent to an activating group) is 1. The Labute approximate surface area is 119 Å². The van der Waals surface area contributed by atoms with Gasteiger partial charge in [0.25, 0.3) is 5.91 Å². The van der Waals surface area contributed by atoms with E-state index in [1.54, 1.807) is 4.90 Å². The molecule has 0 saturated carbocycles. The van der Waals surface area contributed by atoms with E-state index in [4.69, 9.17) is 0 Å². The largest absolute Gasteiger partial charge is 0.351 e. The Kier molecular flexibility index (Phi) is 4.74. The molecule has 0 radical (unpaired) electrons. The van der Waals surface area contributed by atoms with Crippen molar-refractivity contribution in [2.45, 2.75) is 19.4 Å². The Bertz CT molecular complexity index is 484. The number of hydrogen-bond donors (Lipinski definition) is 2. The third kappa shape index (κ3) is 3.57. The highest BCUT2D eigenvalue weighted by Crippen LogP contribution is 2.07. The summed E-state index contributed by atoms with van der Waals surface area (Å²) in [7, 11) is 1.81. The predicted molar refractivity (Wildman–Crippen MR) is 77.6 cm³/mol. The number of nitrogens with one attached hydrogen (secondary N) is 2. The molecule has 1 fully saturated rings. The Morgan fingerprint density at radius 1 is 1.30 bits per heavy atom. The van der Waals surface area contributed by atoms with Gasteiger partial charge in [-0.05, 0) is 25.5 Å². The zero-order valence-corrected chi connectivity index (χ0v) is 12.0. The van der Waals surface area contributed by atoms with Gasteiger partial charge in [0.2, 0.25) is 5.91 Å². The van der Waals surface area contributed by atoms with Crippen LogP contribution in [0.3, 0.4) is 0 Å². The highest BCUT2D eigenvalue weighted by molar-refractivity contribution is 5.94. The third-order valence-electron chi connectivity index (χ3n) is 3.54. The second kappa shape index (κ2) is 6.52. The second-order valence-corrected chi connectivity index (χ2v) is 5.18. The molecule has 2 amide bonds. The lowest BCUT2D eigenvalue weighted by molar-refractivity contribution is -0.128. The summed E-state index contributed by atoms with van der Waals surface area (Å²) in [6.45, 7) is 3.90. The summed E-state index contributed by atoms with van der Waals surface area (Å²) >= 11 is 0. The monoisotopic (exact) mass is 275 g/mol. The molecule has 0 aromatic heterocycles. The van der Waals surface area contributed by atoms with Crippen LogP contribution in [-0.4, -0.2) is 49.4 Å². The number of amides is 2. The number of hydrogen-bond acceptors (Lipinski definition) is 3. The molecule has 1 aliphatic heterocycles. The van der Waals surface area contributed by atoms with Crippen LogP contribution in [0.1, 0.15) is 22.3 Å². The van der Waals surface area contributed by atoms with E-state index in [0.717, 1.165) is 18.5 Å². The first kappa shape index (κ1) is 14.5. The molecular weight excluding hydrogens is 254 g/mol. The number of likely N-dealkylation sites (tertiary alicyclic amines) is 1. The van der Waals surface area contributed by atoms with Gasteiger partial charge in [-0.3, -0.25) is 9.59 Å². The minimum absolute atomic E-state index is 0.0818. The van der Waals surface area contributed by atoms with Crippen LogP contribution >= 0.6 is 0 Å². The van der Waals surface area contributed by atoms with Gasteiger partial charge < -0.3 is 15.5 Å². The normalized spacial score (nSPS) is 18.4. The molecule has 1 atom stereocenters. The summed E-state index contributed by atoms with van der Waals surface area (Å²) < 4.78 is 0. The van der Waals surface area contributed by atoms with Crippen molar-refractivity contribution in [2.24, 2.45) is 0 Å². The fraction of sp³-hybridized carbons (Fsp3) is 0.467. The first-order chi connectivity index (χ1) is 9.58. The van der Waals surface area contributed by atoms with E-state index in [-0.39, 0.29) is 17.9 Å². The van der Waals surface area contributed by atoms with Crippen LogP contribution in [0.15, 0.2) is 24.3 Å². The van der Waals surface area contributed by atoms with Gasteiger partial charge in [0.1, 0.15) is 0 Å². The van der Waals surface area contributed by atoms with Gasteiger partial charge >= 0.3 is 0 Å². The molecule has 1 heterocycles. The average molecular weight is 275 g/mol. The SMILES string of the molecule is Cc1ccc(C(=O)NCCNC2CCN(C)C2=O)cc1. The van der Waals surface area contributed by atoms with E-state index in [0.29, 0.717) is 18.7 Å². The van der Waals surface area contributed by atoms with Gasteiger partial charge in [-0.2, -0.15) is 0 Å². The van der Waals surface area contributed by atoms with E-state index >= 15 is 0 Å². The molecule has 5 nitrogen and oxygen atoms in total. The highest BCUT2D eigenvalue weighted by atomic mass is 16.2. The molecule has 1 aliphatic rings. The lowest BCUT2D eigenvalue weighted by Gasteiger charge is -2.12. The predicted octanol–water partition coefficient (Wildman–Crippen LogP) is 0.545. The Hall–Kier alpha value is -1.88. The van der Waals surface area contributed by atoms with E-state index in [1.807, 2.05) is 38.2 Å². The summed E-state index contributed by atoms with van der Waals surface area (Å²) in [4.78, 5) is 25.2. The molecule has 5 heteroatoms. The Morgan fingerprint density at radius 2 is 2.00 bits per heavy atom. The van der Waals surface area contributed by atoms with E-state index < -0.39 is 0 Å². The third-order valence-corrected chi connectivity index (χ3v) is 3.54. The van der Waals surface area contributed by atoms with E-state index in [2.05, 4.69) is 10.6 Å². The molecule has 1 unspecified atom stereocenters.